The Labute approximate surface area is 134 Å². The van der Waals surface area contributed by atoms with Crippen molar-refractivity contribution in [3.8, 4) is 0 Å². The zero-order valence-electron chi connectivity index (χ0n) is 12.4. The zero-order chi connectivity index (χ0) is 15.9. The Morgan fingerprint density at radius 2 is 2.23 bits per heavy atom. The zero-order valence-corrected chi connectivity index (χ0v) is 13.2. The van der Waals surface area contributed by atoms with Crippen molar-refractivity contribution in [3.05, 3.63) is 23.8 Å². The molecule has 3 N–H and O–H groups in total. The number of methoxy groups -OCH3 is 1. The molecule has 0 unspecified atom stereocenters. The minimum atomic E-state index is -0.225. The predicted octanol–water partition coefficient (Wildman–Crippen LogP) is 1.81. The Hall–Kier alpha value is -2.15. The number of amides is 1. The molecule has 0 atom stereocenters. The molecule has 22 heavy (non-hydrogen) atoms. The molecular formula is C15H19N3O3S. The quantitative estimate of drug-likeness (QED) is 0.436. The van der Waals surface area contributed by atoms with Gasteiger partial charge in [0.2, 0.25) is 5.91 Å². The van der Waals surface area contributed by atoms with Gasteiger partial charge in [0.05, 0.1) is 7.11 Å². The molecule has 1 aromatic carbocycles. The van der Waals surface area contributed by atoms with Crippen LogP contribution in [0.15, 0.2) is 18.2 Å². The molecule has 2 rings (SSSR count). The summed E-state index contributed by atoms with van der Waals surface area (Å²) in [6.45, 7) is 0.599. The lowest BCUT2D eigenvalue weighted by molar-refractivity contribution is -0.140. The third-order valence-electron chi connectivity index (χ3n) is 3.33. The monoisotopic (exact) mass is 321 g/mol. The highest BCUT2D eigenvalue weighted by atomic mass is 32.1. The average Bonchev–Trinajstić information content (AvgIpc) is 2.51. The minimum Gasteiger partial charge on any atom is -0.469 e. The van der Waals surface area contributed by atoms with Gasteiger partial charge in [-0.25, -0.2) is 0 Å². The summed E-state index contributed by atoms with van der Waals surface area (Å²) in [5.41, 5.74) is 2.83. The van der Waals surface area contributed by atoms with E-state index in [2.05, 4.69) is 20.7 Å². The second kappa shape index (κ2) is 7.74. The van der Waals surface area contributed by atoms with Crippen LogP contribution in [0.3, 0.4) is 0 Å². The summed E-state index contributed by atoms with van der Waals surface area (Å²) >= 11 is 5.21. The normalized spacial score (nSPS) is 12.9. The molecule has 0 fully saturated rings. The van der Waals surface area contributed by atoms with Gasteiger partial charge in [0.25, 0.3) is 0 Å². The number of carbonyl (C=O) groups excluding carboxylic acids is 2. The van der Waals surface area contributed by atoms with Gasteiger partial charge in [0.15, 0.2) is 5.11 Å². The van der Waals surface area contributed by atoms with Crippen LogP contribution >= 0.6 is 12.2 Å². The van der Waals surface area contributed by atoms with Crippen LogP contribution < -0.4 is 16.0 Å². The average molecular weight is 321 g/mol. The molecule has 0 bridgehead atoms. The largest absolute Gasteiger partial charge is 0.469 e. The maximum absolute atomic E-state index is 11.3. The smallest absolute Gasteiger partial charge is 0.305 e. The van der Waals surface area contributed by atoms with Crippen molar-refractivity contribution in [1.82, 2.24) is 5.32 Å². The Morgan fingerprint density at radius 3 is 3.00 bits per heavy atom. The fourth-order valence-electron chi connectivity index (χ4n) is 2.17. The van der Waals surface area contributed by atoms with E-state index in [1.54, 1.807) is 0 Å². The highest BCUT2D eigenvalue weighted by Gasteiger charge is 2.14. The van der Waals surface area contributed by atoms with E-state index in [4.69, 9.17) is 12.2 Å². The van der Waals surface area contributed by atoms with Gasteiger partial charge in [-0.1, -0.05) is 0 Å². The number of esters is 1. The first-order chi connectivity index (χ1) is 10.6. The van der Waals surface area contributed by atoms with Crippen LogP contribution in [0.25, 0.3) is 0 Å². The maximum Gasteiger partial charge on any atom is 0.305 e. The van der Waals surface area contributed by atoms with Crippen LogP contribution in [0.5, 0.6) is 0 Å². The van der Waals surface area contributed by atoms with E-state index in [1.807, 2.05) is 18.2 Å². The number of hydrogen-bond acceptors (Lipinski definition) is 4. The lowest BCUT2D eigenvalue weighted by atomic mass is 10.0. The topological polar surface area (TPSA) is 79.5 Å². The highest BCUT2D eigenvalue weighted by Crippen LogP contribution is 2.25. The summed E-state index contributed by atoms with van der Waals surface area (Å²) in [6.07, 6.45) is 2.26. The number of benzene rings is 1. The predicted molar refractivity (Wildman–Crippen MR) is 88.9 cm³/mol. The van der Waals surface area contributed by atoms with Gasteiger partial charge in [0, 0.05) is 30.8 Å². The van der Waals surface area contributed by atoms with E-state index >= 15 is 0 Å². The first-order valence-electron chi connectivity index (χ1n) is 7.13. The molecule has 0 aliphatic carbocycles. The SMILES string of the molecule is COC(=O)CCCNC(=S)Nc1ccc2c(c1)CCC(=O)N2. The third kappa shape index (κ3) is 4.70. The standard InChI is InChI=1S/C15H19N3O3S/c1-21-14(20)3-2-8-16-15(22)17-11-5-6-12-10(9-11)4-7-13(19)18-12/h5-6,9H,2-4,7-8H2,1H3,(H,18,19)(H2,16,17,22). The number of anilines is 2. The maximum atomic E-state index is 11.3. The Kier molecular flexibility index (Phi) is 5.71. The fraction of sp³-hybridized carbons (Fsp3) is 0.400. The molecule has 0 saturated heterocycles. The van der Waals surface area contributed by atoms with Crippen molar-refractivity contribution >= 4 is 40.6 Å². The molecule has 0 spiro atoms. The first kappa shape index (κ1) is 16.2. The number of nitrogens with one attached hydrogen (secondary N) is 3. The van der Waals surface area contributed by atoms with E-state index < -0.39 is 0 Å². The van der Waals surface area contributed by atoms with Gasteiger partial charge in [-0.2, -0.15) is 0 Å². The number of ether oxygens (including phenoxy) is 1. The van der Waals surface area contributed by atoms with Gasteiger partial charge < -0.3 is 20.7 Å². The van der Waals surface area contributed by atoms with Crippen LogP contribution in [0.2, 0.25) is 0 Å². The molecule has 1 aliphatic rings. The summed E-state index contributed by atoms with van der Waals surface area (Å²) in [7, 11) is 1.38. The fourth-order valence-corrected chi connectivity index (χ4v) is 2.39. The van der Waals surface area contributed by atoms with Gasteiger partial charge in [-0.3, -0.25) is 9.59 Å². The van der Waals surface area contributed by atoms with Crippen molar-refractivity contribution in [2.45, 2.75) is 25.7 Å². The van der Waals surface area contributed by atoms with Crippen molar-refractivity contribution in [1.29, 1.82) is 0 Å². The summed E-state index contributed by atoms with van der Waals surface area (Å²) < 4.78 is 4.57. The summed E-state index contributed by atoms with van der Waals surface area (Å²) in [5.74, 6) is -0.173. The Balaban J connectivity index is 1.79. The van der Waals surface area contributed by atoms with E-state index in [9.17, 15) is 9.59 Å². The van der Waals surface area contributed by atoms with Crippen molar-refractivity contribution < 1.29 is 14.3 Å². The van der Waals surface area contributed by atoms with Gasteiger partial charge in [-0.15, -0.1) is 0 Å². The van der Waals surface area contributed by atoms with Crippen LogP contribution in [-0.4, -0.2) is 30.6 Å². The molecule has 1 aromatic rings. The van der Waals surface area contributed by atoms with Crippen LogP contribution in [0.4, 0.5) is 11.4 Å². The van der Waals surface area contributed by atoms with Crippen LogP contribution in [0, 0.1) is 0 Å². The summed E-state index contributed by atoms with van der Waals surface area (Å²) in [6, 6.07) is 5.72. The molecule has 7 heteroatoms. The second-order valence-electron chi connectivity index (χ2n) is 4.98. The van der Waals surface area contributed by atoms with Crippen molar-refractivity contribution in [3.63, 3.8) is 0 Å². The lowest BCUT2D eigenvalue weighted by Crippen LogP contribution is -2.29. The van der Waals surface area contributed by atoms with Crippen LogP contribution in [-0.2, 0) is 20.7 Å². The molecule has 118 valence electrons. The molecule has 1 amide bonds. The number of hydrogen-bond donors (Lipinski definition) is 3. The molecule has 0 radical (unpaired) electrons. The first-order valence-corrected chi connectivity index (χ1v) is 7.54. The Bertz CT molecular complexity index is 589. The van der Waals surface area contributed by atoms with Gasteiger partial charge in [0.1, 0.15) is 0 Å². The molecule has 6 nitrogen and oxygen atoms in total. The number of aryl methyl sites for hydroxylation is 1. The van der Waals surface area contributed by atoms with E-state index in [0.29, 0.717) is 30.9 Å². The van der Waals surface area contributed by atoms with Crippen molar-refractivity contribution in [2.75, 3.05) is 24.3 Å². The second-order valence-corrected chi connectivity index (χ2v) is 5.39. The van der Waals surface area contributed by atoms with Crippen LogP contribution in [0.1, 0.15) is 24.8 Å². The third-order valence-corrected chi connectivity index (χ3v) is 3.58. The molecule has 1 aliphatic heterocycles. The summed E-state index contributed by atoms with van der Waals surface area (Å²) in [4.78, 5) is 22.3. The molecule has 0 aromatic heterocycles. The number of rotatable bonds is 5. The number of fused-ring (bicyclic) bond motifs is 1. The Morgan fingerprint density at radius 1 is 1.41 bits per heavy atom. The highest BCUT2D eigenvalue weighted by molar-refractivity contribution is 7.80. The molecule has 0 saturated carbocycles. The van der Waals surface area contributed by atoms with E-state index in [1.165, 1.54) is 7.11 Å². The minimum absolute atomic E-state index is 0.0519. The molecule has 1 heterocycles. The lowest BCUT2D eigenvalue weighted by Gasteiger charge is -2.18. The number of carbonyl (C=O) groups is 2. The number of thiocarbonyl (C=S) groups is 1. The van der Waals surface area contributed by atoms with E-state index in [-0.39, 0.29) is 11.9 Å². The van der Waals surface area contributed by atoms with Gasteiger partial charge >= 0.3 is 5.97 Å². The van der Waals surface area contributed by atoms with Gasteiger partial charge in [-0.05, 0) is 48.8 Å². The van der Waals surface area contributed by atoms with E-state index in [0.717, 1.165) is 23.4 Å². The van der Waals surface area contributed by atoms with Crippen molar-refractivity contribution in [2.24, 2.45) is 0 Å². The summed E-state index contributed by atoms with van der Waals surface area (Å²) in [5, 5.41) is 9.48. The molecular weight excluding hydrogens is 302 g/mol.